The van der Waals surface area contributed by atoms with Gasteiger partial charge in [-0.2, -0.15) is 5.26 Å². The van der Waals surface area contributed by atoms with Crippen molar-refractivity contribution in [2.24, 2.45) is 5.92 Å². The molecule has 0 saturated carbocycles. The van der Waals surface area contributed by atoms with Gasteiger partial charge in [-0.1, -0.05) is 35.5 Å². The zero-order valence-corrected chi connectivity index (χ0v) is 18.6. The minimum absolute atomic E-state index is 0. The van der Waals surface area contributed by atoms with Gasteiger partial charge in [0.1, 0.15) is 11.1 Å². The van der Waals surface area contributed by atoms with Crippen LogP contribution in [0.25, 0.3) is 34.0 Å². The molecule has 172 valence electrons. The number of pyridine rings is 1. The summed E-state index contributed by atoms with van der Waals surface area (Å²) in [5.74, 6) is 1.04. The highest BCUT2D eigenvalue weighted by Gasteiger charge is 2.49. The van der Waals surface area contributed by atoms with Gasteiger partial charge in [-0.15, -0.1) is 0 Å². The Bertz CT molecular complexity index is 1400. The van der Waals surface area contributed by atoms with Gasteiger partial charge in [0.05, 0.1) is 23.7 Å². The number of hydrogen-bond donors (Lipinski definition) is 1. The van der Waals surface area contributed by atoms with Crippen LogP contribution in [0.15, 0.2) is 65.4 Å². The van der Waals surface area contributed by atoms with Crippen molar-refractivity contribution < 1.29 is 7.38 Å². The van der Waals surface area contributed by atoms with E-state index in [1.165, 1.54) is 0 Å². The summed E-state index contributed by atoms with van der Waals surface area (Å²) in [6.45, 7) is 2.84. The monoisotopic (exact) mass is 453 g/mol. The van der Waals surface area contributed by atoms with Crippen molar-refractivity contribution in [2.45, 2.75) is 18.3 Å². The summed E-state index contributed by atoms with van der Waals surface area (Å²) in [6, 6.07) is 18.1. The maximum absolute atomic E-state index is 10.2. The van der Waals surface area contributed by atoms with Crippen molar-refractivity contribution >= 4 is 5.82 Å². The number of anilines is 1. The van der Waals surface area contributed by atoms with Gasteiger partial charge in [-0.3, -0.25) is 4.98 Å². The Morgan fingerprint density at radius 1 is 1.06 bits per heavy atom. The largest absolute Gasteiger partial charge is 0.382 e. The first kappa shape index (κ1) is 20.5. The van der Waals surface area contributed by atoms with Crippen molar-refractivity contribution in [1.29, 1.82) is 5.26 Å². The molecule has 8 heteroatoms. The Morgan fingerprint density at radius 2 is 1.88 bits per heavy atom. The summed E-state index contributed by atoms with van der Waals surface area (Å²) >= 11 is 0. The number of aromatic nitrogens is 4. The maximum Gasteiger partial charge on any atom is 0.189 e. The molecule has 1 aromatic carbocycles. The molecular formula is C26H27N7O. The molecule has 6 heterocycles. The molecule has 7 rings (SSSR count). The van der Waals surface area contributed by atoms with E-state index in [0.29, 0.717) is 28.8 Å². The second kappa shape index (κ2) is 8.04. The topological polar surface area (TPSA) is 118 Å². The first-order chi connectivity index (χ1) is 16.7. The van der Waals surface area contributed by atoms with E-state index in [-0.39, 0.29) is 8.67 Å². The van der Waals surface area contributed by atoms with E-state index in [9.17, 15) is 5.26 Å². The molecule has 3 aromatic heterocycles. The molecule has 0 radical (unpaired) electrons. The Hall–Kier alpha value is -4.09. The van der Waals surface area contributed by atoms with Gasteiger partial charge in [0.25, 0.3) is 0 Å². The molecule has 2 N–H and O–H groups in total. The van der Waals surface area contributed by atoms with E-state index in [4.69, 9.17) is 15.2 Å². The van der Waals surface area contributed by atoms with Crippen LogP contribution in [0, 0.1) is 17.2 Å². The predicted molar refractivity (Wildman–Crippen MR) is 131 cm³/mol. The lowest BCUT2D eigenvalue weighted by molar-refractivity contribution is 0.0510. The molecule has 1 unspecified atom stereocenters. The lowest BCUT2D eigenvalue weighted by Gasteiger charge is -2.49. The van der Waals surface area contributed by atoms with Crippen LogP contribution in [0.5, 0.6) is 0 Å². The molecule has 0 amide bonds. The molecule has 3 aliphatic heterocycles. The van der Waals surface area contributed by atoms with Gasteiger partial charge in [0, 0.05) is 32.8 Å². The fraction of sp³-hybridized carbons (Fsp3) is 0.269. The molecule has 0 aliphatic carbocycles. The van der Waals surface area contributed by atoms with Gasteiger partial charge in [-0.25, -0.2) is 9.97 Å². The number of nitrogens with two attached hydrogens (primary N) is 1. The van der Waals surface area contributed by atoms with Gasteiger partial charge >= 0.3 is 0 Å². The number of piperidine rings is 3. The minimum atomic E-state index is -0.591. The van der Waals surface area contributed by atoms with E-state index in [2.05, 4.69) is 26.1 Å². The summed E-state index contributed by atoms with van der Waals surface area (Å²) in [6.07, 6.45) is 5.45. The van der Waals surface area contributed by atoms with Gasteiger partial charge in [0.2, 0.25) is 0 Å². The summed E-state index contributed by atoms with van der Waals surface area (Å²) < 4.78 is 5.57. The van der Waals surface area contributed by atoms with Gasteiger partial charge in [-0.05, 0) is 44.0 Å². The first-order valence-electron chi connectivity index (χ1n) is 11.4. The van der Waals surface area contributed by atoms with E-state index in [1.807, 2.05) is 48.5 Å². The highest BCUT2D eigenvalue weighted by molar-refractivity contribution is 5.73. The third-order valence-electron chi connectivity index (χ3n) is 7.08. The summed E-state index contributed by atoms with van der Waals surface area (Å²) in [7, 11) is 0. The number of nitrogen functional groups attached to an aromatic ring is 1. The number of benzene rings is 1. The molecule has 34 heavy (non-hydrogen) atoms. The first-order valence-corrected chi connectivity index (χ1v) is 11.4. The number of rotatable bonds is 4. The van der Waals surface area contributed by atoms with Crippen molar-refractivity contribution in [3.63, 3.8) is 0 Å². The van der Waals surface area contributed by atoms with Crippen LogP contribution in [0.3, 0.4) is 0 Å². The highest BCUT2D eigenvalue weighted by atomic mass is 16.5. The molecule has 8 nitrogen and oxygen atoms in total. The Kier molecular flexibility index (Phi) is 4.85. The van der Waals surface area contributed by atoms with Crippen LogP contribution < -0.4 is 5.73 Å². The zero-order chi connectivity index (χ0) is 23.1. The maximum atomic E-state index is 10.2. The SMILES string of the molecule is N#CC1(c2cc(-c3cnc(N)c(-c4cc(-c5ccccc5)no4)n3)ccn2)CN2CCC1CC2.[HH].[HH]. The van der Waals surface area contributed by atoms with Crippen molar-refractivity contribution in [2.75, 3.05) is 25.4 Å². The predicted octanol–water partition coefficient (Wildman–Crippen LogP) is 4.42. The zero-order valence-electron chi connectivity index (χ0n) is 18.6. The lowest BCUT2D eigenvalue weighted by Crippen LogP contribution is -2.56. The minimum Gasteiger partial charge on any atom is -0.382 e. The average molecular weight is 454 g/mol. The fourth-order valence-electron chi connectivity index (χ4n) is 5.22. The van der Waals surface area contributed by atoms with Crippen molar-refractivity contribution in [1.82, 2.24) is 25.0 Å². The third kappa shape index (κ3) is 3.33. The van der Waals surface area contributed by atoms with Crippen LogP contribution in [0.1, 0.15) is 21.4 Å². The Balaban J connectivity index is 0.00000152. The third-order valence-corrected chi connectivity index (χ3v) is 7.08. The molecule has 3 aliphatic rings. The van der Waals surface area contributed by atoms with Crippen molar-refractivity contribution in [3.05, 3.63) is 66.6 Å². The van der Waals surface area contributed by atoms with Crippen LogP contribution in [0.4, 0.5) is 5.82 Å². The second-order valence-electron chi connectivity index (χ2n) is 8.99. The van der Waals surface area contributed by atoms with Crippen LogP contribution in [-0.4, -0.2) is 44.6 Å². The molecule has 0 spiro atoms. The summed E-state index contributed by atoms with van der Waals surface area (Å²) in [5, 5.41) is 14.4. The highest BCUT2D eigenvalue weighted by Crippen LogP contribution is 2.44. The number of hydrogen-bond acceptors (Lipinski definition) is 8. The van der Waals surface area contributed by atoms with Crippen LogP contribution in [0.2, 0.25) is 0 Å². The smallest absolute Gasteiger partial charge is 0.189 e. The summed E-state index contributed by atoms with van der Waals surface area (Å²) in [4.78, 5) is 16.1. The van der Waals surface area contributed by atoms with Gasteiger partial charge < -0.3 is 15.2 Å². The molecule has 3 fully saturated rings. The van der Waals surface area contributed by atoms with Gasteiger partial charge in [0.15, 0.2) is 17.3 Å². The van der Waals surface area contributed by atoms with Crippen LogP contribution >= 0.6 is 0 Å². The van der Waals surface area contributed by atoms with Crippen LogP contribution in [-0.2, 0) is 5.41 Å². The Labute approximate surface area is 200 Å². The summed E-state index contributed by atoms with van der Waals surface area (Å²) in [5.41, 5.74) is 9.92. The molecule has 1 atom stereocenters. The average Bonchev–Trinajstić information content (AvgIpc) is 3.40. The second-order valence-corrected chi connectivity index (χ2v) is 8.99. The molecule has 3 saturated heterocycles. The molecular weight excluding hydrogens is 426 g/mol. The number of nitriles is 1. The molecule has 2 bridgehead atoms. The van der Waals surface area contributed by atoms with Crippen molar-refractivity contribution in [3.8, 4) is 40.0 Å². The standard InChI is InChI=1S/C26H23N7O.2H2/c27-15-26(16-33-10-7-19(26)8-11-33)23-12-18(6-9-29-23)21-14-30-25(28)24(31-21)22-13-20(32-34-22)17-4-2-1-3-5-17;;/h1-6,9,12-14,19H,7-8,10-11,16H2,(H2,28,30);2*1H. The Morgan fingerprint density at radius 3 is 2.62 bits per heavy atom. The lowest BCUT2D eigenvalue weighted by atomic mass is 9.65. The quantitative estimate of drug-likeness (QED) is 0.482. The van der Waals surface area contributed by atoms with E-state index in [1.54, 1.807) is 12.4 Å². The molecule has 4 aromatic rings. The number of fused-ring (bicyclic) bond motifs is 3. The van der Waals surface area contributed by atoms with E-state index in [0.717, 1.165) is 49.3 Å². The normalized spacial score (nSPS) is 23.5. The van der Waals surface area contributed by atoms with E-state index < -0.39 is 5.41 Å². The number of nitrogens with zero attached hydrogens (tertiary/aromatic N) is 6. The van der Waals surface area contributed by atoms with E-state index >= 15 is 0 Å². The fourth-order valence-corrected chi connectivity index (χ4v) is 5.22.